The first-order chi connectivity index (χ1) is 16.1. The van der Waals surface area contributed by atoms with Crippen molar-refractivity contribution in [3.05, 3.63) is 72.8 Å². The number of hydrogen-bond acceptors (Lipinski definition) is 6. The Kier molecular flexibility index (Phi) is 7.36. The number of anilines is 2. The van der Waals surface area contributed by atoms with Crippen LogP contribution < -0.4 is 24.8 Å². The van der Waals surface area contributed by atoms with Crippen LogP contribution in [0.2, 0.25) is 0 Å². The maximum absolute atomic E-state index is 12.7. The Morgan fingerprint density at radius 1 is 0.909 bits per heavy atom. The second-order valence-corrected chi connectivity index (χ2v) is 8.70. The molecule has 0 spiro atoms. The zero-order chi connectivity index (χ0) is 23.0. The third kappa shape index (κ3) is 6.43. The molecule has 0 radical (unpaired) electrons. The van der Waals surface area contributed by atoms with E-state index in [1.54, 1.807) is 36.4 Å². The van der Waals surface area contributed by atoms with Gasteiger partial charge in [0.25, 0.3) is 5.91 Å². The van der Waals surface area contributed by atoms with Crippen LogP contribution in [0.15, 0.2) is 77.7 Å². The van der Waals surface area contributed by atoms with E-state index in [2.05, 4.69) is 10.6 Å². The van der Waals surface area contributed by atoms with E-state index in [9.17, 15) is 9.59 Å². The normalized spacial score (nSPS) is 13.0. The lowest BCUT2D eigenvalue weighted by atomic mass is 10.2. The number of rotatable bonds is 8. The Morgan fingerprint density at radius 2 is 1.67 bits per heavy atom. The van der Waals surface area contributed by atoms with E-state index in [-0.39, 0.29) is 23.7 Å². The van der Waals surface area contributed by atoms with E-state index in [1.807, 2.05) is 43.3 Å². The summed E-state index contributed by atoms with van der Waals surface area (Å²) < 4.78 is 16.5. The Morgan fingerprint density at radius 3 is 2.48 bits per heavy atom. The van der Waals surface area contributed by atoms with Gasteiger partial charge in [-0.05, 0) is 49.4 Å². The summed E-state index contributed by atoms with van der Waals surface area (Å²) in [7, 11) is 0. The number of amides is 2. The molecule has 1 atom stereocenters. The summed E-state index contributed by atoms with van der Waals surface area (Å²) in [5.74, 6) is 1.54. The molecule has 170 valence electrons. The van der Waals surface area contributed by atoms with Gasteiger partial charge >= 0.3 is 0 Å². The van der Waals surface area contributed by atoms with E-state index in [0.29, 0.717) is 41.8 Å². The van der Waals surface area contributed by atoms with E-state index < -0.39 is 0 Å². The average Bonchev–Trinajstić information content (AvgIpc) is 2.83. The molecule has 0 aliphatic carbocycles. The highest BCUT2D eigenvalue weighted by Crippen LogP contribution is 2.33. The minimum Gasteiger partial charge on any atom is -0.486 e. The van der Waals surface area contributed by atoms with Crippen molar-refractivity contribution in [1.29, 1.82) is 0 Å². The van der Waals surface area contributed by atoms with Gasteiger partial charge in [0, 0.05) is 22.3 Å². The van der Waals surface area contributed by atoms with E-state index in [1.165, 1.54) is 11.8 Å². The monoisotopic (exact) mass is 464 g/mol. The van der Waals surface area contributed by atoms with Crippen molar-refractivity contribution in [1.82, 2.24) is 0 Å². The molecule has 33 heavy (non-hydrogen) atoms. The van der Waals surface area contributed by atoms with Crippen molar-refractivity contribution in [3.8, 4) is 17.2 Å². The van der Waals surface area contributed by atoms with Crippen LogP contribution in [0, 0.1) is 0 Å². The fourth-order valence-corrected chi connectivity index (χ4v) is 4.06. The quantitative estimate of drug-likeness (QED) is 0.474. The van der Waals surface area contributed by atoms with Gasteiger partial charge in [-0.3, -0.25) is 9.59 Å². The molecule has 2 N–H and O–H groups in total. The third-order valence-electron chi connectivity index (χ3n) is 4.72. The summed E-state index contributed by atoms with van der Waals surface area (Å²) in [6.45, 7) is 2.75. The molecule has 1 heterocycles. The average molecular weight is 465 g/mol. The van der Waals surface area contributed by atoms with Crippen molar-refractivity contribution in [3.63, 3.8) is 0 Å². The molecule has 1 aliphatic rings. The van der Waals surface area contributed by atoms with Gasteiger partial charge in [0.15, 0.2) is 18.1 Å². The van der Waals surface area contributed by atoms with Gasteiger partial charge < -0.3 is 24.8 Å². The molecular formula is C25H24N2O5S. The zero-order valence-corrected chi connectivity index (χ0v) is 18.9. The summed E-state index contributed by atoms with van der Waals surface area (Å²) in [5.41, 5.74) is 1.29. The Bertz CT molecular complexity index is 1120. The molecule has 2 amide bonds. The maximum atomic E-state index is 12.7. The number of ether oxygens (including phenoxy) is 3. The molecule has 0 bridgehead atoms. The molecule has 0 aromatic heterocycles. The Balaban J connectivity index is 1.29. The third-order valence-corrected chi connectivity index (χ3v) is 5.82. The Labute approximate surface area is 196 Å². The summed E-state index contributed by atoms with van der Waals surface area (Å²) in [6, 6.07) is 21.9. The van der Waals surface area contributed by atoms with Crippen molar-refractivity contribution >= 4 is 35.0 Å². The second kappa shape index (κ2) is 10.8. The highest BCUT2D eigenvalue weighted by Gasteiger charge is 2.17. The van der Waals surface area contributed by atoms with Crippen LogP contribution in [-0.4, -0.2) is 36.9 Å². The van der Waals surface area contributed by atoms with Crippen LogP contribution in [0.1, 0.15) is 6.92 Å². The Hall–Kier alpha value is -3.65. The van der Waals surface area contributed by atoms with Crippen molar-refractivity contribution in [2.75, 3.05) is 30.5 Å². The molecular weight excluding hydrogens is 440 g/mol. The lowest BCUT2D eigenvalue weighted by Crippen LogP contribution is -2.23. The first-order valence-corrected chi connectivity index (χ1v) is 11.4. The first-order valence-electron chi connectivity index (χ1n) is 10.5. The zero-order valence-electron chi connectivity index (χ0n) is 18.1. The first kappa shape index (κ1) is 22.5. The lowest BCUT2D eigenvalue weighted by molar-refractivity contribution is -0.118. The minimum atomic E-state index is -0.356. The number of hydrogen-bond donors (Lipinski definition) is 2. The minimum absolute atomic E-state index is 0.0876. The highest BCUT2D eigenvalue weighted by molar-refractivity contribution is 8.00. The molecule has 3 aromatic carbocycles. The fraction of sp³-hybridized carbons (Fsp3) is 0.200. The number of benzene rings is 3. The summed E-state index contributed by atoms with van der Waals surface area (Å²) in [6.07, 6.45) is 0. The van der Waals surface area contributed by atoms with Gasteiger partial charge in [-0.15, -0.1) is 11.8 Å². The largest absolute Gasteiger partial charge is 0.486 e. The van der Waals surface area contributed by atoms with E-state index >= 15 is 0 Å². The number of carbonyl (C=O) groups excluding carboxylic acids is 2. The maximum Gasteiger partial charge on any atom is 0.262 e. The number of carbonyl (C=O) groups is 2. The summed E-state index contributed by atoms with van der Waals surface area (Å²) in [4.78, 5) is 25.7. The molecule has 7 nitrogen and oxygen atoms in total. The smallest absolute Gasteiger partial charge is 0.262 e. The number of nitrogens with one attached hydrogen (secondary N) is 2. The molecule has 1 unspecified atom stereocenters. The van der Waals surface area contributed by atoms with Crippen molar-refractivity contribution in [2.24, 2.45) is 0 Å². The van der Waals surface area contributed by atoms with Gasteiger partial charge in [-0.25, -0.2) is 0 Å². The van der Waals surface area contributed by atoms with E-state index in [4.69, 9.17) is 14.2 Å². The van der Waals surface area contributed by atoms with Crippen LogP contribution in [0.4, 0.5) is 11.4 Å². The summed E-state index contributed by atoms with van der Waals surface area (Å²) in [5, 5.41) is 5.37. The number of thioether (sulfide) groups is 1. The predicted molar refractivity (Wildman–Crippen MR) is 128 cm³/mol. The topological polar surface area (TPSA) is 85.9 Å². The number of fused-ring (bicyclic) bond motifs is 1. The van der Waals surface area contributed by atoms with Crippen LogP contribution in [0.5, 0.6) is 17.2 Å². The van der Waals surface area contributed by atoms with Crippen LogP contribution in [-0.2, 0) is 9.59 Å². The molecule has 8 heteroatoms. The highest BCUT2D eigenvalue weighted by atomic mass is 32.2. The molecule has 0 fully saturated rings. The molecule has 1 aliphatic heterocycles. The SMILES string of the molecule is CC(Sc1cccc(NC(=O)COc2ccccc2)c1)C(=O)Nc1ccc2c(c1)OCCO2. The number of para-hydroxylation sites is 1. The van der Waals surface area contributed by atoms with Crippen molar-refractivity contribution in [2.45, 2.75) is 17.1 Å². The van der Waals surface area contributed by atoms with Gasteiger partial charge in [-0.2, -0.15) is 0 Å². The van der Waals surface area contributed by atoms with Crippen LogP contribution >= 0.6 is 11.8 Å². The van der Waals surface area contributed by atoms with Crippen LogP contribution in [0.3, 0.4) is 0 Å². The van der Waals surface area contributed by atoms with Gasteiger partial charge in [0.1, 0.15) is 19.0 Å². The van der Waals surface area contributed by atoms with Gasteiger partial charge in [-0.1, -0.05) is 24.3 Å². The molecule has 4 rings (SSSR count). The van der Waals surface area contributed by atoms with E-state index in [0.717, 1.165) is 4.90 Å². The predicted octanol–water partition coefficient (Wildman–Crippen LogP) is 4.59. The molecule has 0 saturated carbocycles. The second-order valence-electron chi connectivity index (χ2n) is 7.29. The molecule has 0 saturated heterocycles. The van der Waals surface area contributed by atoms with Gasteiger partial charge in [0.2, 0.25) is 5.91 Å². The molecule has 3 aromatic rings. The fourth-order valence-electron chi connectivity index (χ4n) is 3.13. The summed E-state index contributed by atoms with van der Waals surface area (Å²) >= 11 is 1.40. The van der Waals surface area contributed by atoms with Crippen molar-refractivity contribution < 1.29 is 23.8 Å². The van der Waals surface area contributed by atoms with Crippen LogP contribution in [0.25, 0.3) is 0 Å². The standard InChI is InChI=1S/C25H24N2O5S/c1-17(25(29)27-19-10-11-22-23(15-19)31-13-12-30-22)33-21-9-5-6-18(14-21)26-24(28)16-32-20-7-3-2-4-8-20/h2-11,14-15,17H,12-13,16H2,1H3,(H,26,28)(H,27,29). The lowest BCUT2D eigenvalue weighted by Gasteiger charge is -2.19. The van der Waals surface area contributed by atoms with Gasteiger partial charge in [0.05, 0.1) is 5.25 Å².